The number of para-hydroxylation sites is 1. The summed E-state index contributed by atoms with van der Waals surface area (Å²) in [5, 5.41) is -0.341. The maximum atomic E-state index is 12.7. The molecule has 2 aromatic carbocycles. The number of methoxy groups -OCH3 is 3. The lowest BCUT2D eigenvalue weighted by molar-refractivity contribution is -0.113. The van der Waals surface area contributed by atoms with Crippen LogP contribution in [0.4, 0.5) is 10.5 Å². The average Bonchev–Trinajstić information content (AvgIpc) is 2.95. The zero-order chi connectivity index (χ0) is 18.7. The smallest absolute Gasteiger partial charge is 0.298 e. The van der Waals surface area contributed by atoms with Gasteiger partial charge in [0, 0.05) is 5.56 Å². The summed E-state index contributed by atoms with van der Waals surface area (Å²) in [6, 6.07) is 12.3. The molecule has 3 rings (SSSR count). The first-order chi connectivity index (χ1) is 12.6. The zero-order valence-electron chi connectivity index (χ0n) is 14.5. The molecule has 134 valence electrons. The standard InChI is InChI=1S/C19H17NO5S/c1-23-14-10-9-12(16(24-2)17(14)25-3)11-15-18(21)20(19(22)26-15)13-7-5-4-6-8-13/h4-11H,1-3H3/b15-11+. The molecule has 2 amide bonds. The Kier molecular flexibility index (Phi) is 5.18. The third kappa shape index (κ3) is 3.13. The Bertz CT molecular complexity index is 879. The highest BCUT2D eigenvalue weighted by atomic mass is 32.2. The van der Waals surface area contributed by atoms with Crippen molar-refractivity contribution in [3.05, 3.63) is 52.9 Å². The number of nitrogens with zero attached hydrogens (tertiary/aromatic N) is 1. The highest BCUT2D eigenvalue weighted by Gasteiger charge is 2.36. The van der Waals surface area contributed by atoms with Gasteiger partial charge in [0.15, 0.2) is 11.5 Å². The minimum absolute atomic E-state index is 0.310. The summed E-state index contributed by atoms with van der Waals surface area (Å²) in [6.45, 7) is 0. The van der Waals surface area contributed by atoms with E-state index in [-0.39, 0.29) is 11.1 Å². The molecule has 0 saturated carbocycles. The maximum Gasteiger partial charge on any atom is 0.298 e. The lowest BCUT2D eigenvalue weighted by atomic mass is 10.1. The Balaban J connectivity index is 2.01. The van der Waals surface area contributed by atoms with Gasteiger partial charge in [-0.1, -0.05) is 18.2 Å². The van der Waals surface area contributed by atoms with Crippen LogP contribution in [0.2, 0.25) is 0 Å². The number of imide groups is 1. The lowest BCUT2D eigenvalue weighted by Gasteiger charge is -2.14. The van der Waals surface area contributed by atoms with E-state index in [1.54, 1.807) is 42.5 Å². The van der Waals surface area contributed by atoms with Crippen LogP contribution in [0.25, 0.3) is 6.08 Å². The quantitative estimate of drug-likeness (QED) is 0.742. The predicted octanol–water partition coefficient (Wildman–Crippen LogP) is 3.95. The van der Waals surface area contributed by atoms with Gasteiger partial charge in [0.1, 0.15) is 0 Å². The van der Waals surface area contributed by atoms with Crippen LogP contribution in [0, 0.1) is 0 Å². The monoisotopic (exact) mass is 371 g/mol. The molecule has 7 heteroatoms. The van der Waals surface area contributed by atoms with Crippen LogP contribution in [0.5, 0.6) is 17.2 Å². The van der Waals surface area contributed by atoms with Crippen molar-refractivity contribution in [1.29, 1.82) is 0 Å². The summed E-state index contributed by atoms with van der Waals surface area (Å²) >= 11 is 0.885. The Morgan fingerprint density at radius 2 is 1.58 bits per heavy atom. The maximum absolute atomic E-state index is 12.7. The lowest BCUT2D eigenvalue weighted by Crippen LogP contribution is -2.27. The van der Waals surface area contributed by atoms with Gasteiger partial charge in [0.2, 0.25) is 5.75 Å². The van der Waals surface area contributed by atoms with Crippen molar-refractivity contribution in [2.75, 3.05) is 26.2 Å². The van der Waals surface area contributed by atoms with Crippen LogP contribution >= 0.6 is 11.8 Å². The average molecular weight is 371 g/mol. The second-order valence-corrected chi connectivity index (χ2v) is 6.27. The van der Waals surface area contributed by atoms with Crippen LogP contribution in [0.1, 0.15) is 5.56 Å². The number of thioether (sulfide) groups is 1. The molecule has 0 spiro atoms. The number of ether oxygens (including phenoxy) is 3. The molecule has 1 fully saturated rings. The molecule has 1 heterocycles. The molecule has 0 radical (unpaired) electrons. The van der Waals surface area contributed by atoms with Gasteiger partial charge in [-0.3, -0.25) is 9.59 Å². The van der Waals surface area contributed by atoms with Gasteiger partial charge in [0.05, 0.1) is 31.9 Å². The van der Waals surface area contributed by atoms with Crippen LogP contribution in [-0.2, 0) is 4.79 Å². The third-order valence-corrected chi connectivity index (χ3v) is 4.70. The van der Waals surface area contributed by atoms with Crippen LogP contribution in [-0.4, -0.2) is 32.5 Å². The molecule has 0 N–H and O–H groups in total. The van der Waals surface area contributed by atoms with Crippen molar-refractivity contribution in [3.8, 4) is 17.2 Å². The molecule has 6 nitrogen and oxygen atoms in total. The third-order valence-electron chi connectivity index (χ3n) is 3.83. The highest BCUT2D eigenvalue weighted by molar-refractivity contribution is 8.19. The van der Waals surface area contributed by atoms with Gasteiger partial charge in [-0.15, -0.1) is 0 Å². The minimum Gasteiger partial charge on any atom is -0.493 e. The molecule has 26 heavy (non-hydrogen) atoms. The first-order valence-electron chi connectivity index (χ1n) is 7.72. The van der Waals surface area contributed by atoms with E-state index >= 15 is 0 Å². The number of carbonyl (C=O) groups is 2. The Morgan fingerprint density at radius 3 is 2.19 bits per heavy atom. The number of benzene rings is 2. The van der Waals surface area contributed by atoms with E-state index in [0.29, 0.717) is 33.4 Å². The van der Waals surface area contributed by atoms with Crippen molar-refractivity contribution in [3.63, 3.8) is 0 Å². The highest BCUT2D eigenvalue weighted by Crippen LogP contribution is 2.42. The Labute approximate surface area is 155 Å². The molecular formula is C19H17NO5S. The molecule has 1 aliphatic rings. The zero-order valence-corrected chi connectivity index (χ0v) is 15.3. The van der Waals surface area contributed by atoms with Crippen molar-refractivity contribution in [2.24, 2.45) is 0 Å². The van der Waals surface area contributed by atoms with Crippen molar-refractivity contribution in [1.82, 2.24) is 0 Å². The molecule has 1 aliphatic heterocycles. The molecular weight excluding hydrogens is 354 g/mol. The van der Waals surface area contributed by atoms with Gasteiger partial charge in [-0.25, -0.2) is 4.90 Å². The van der Waals surface area contributed by atoms with Crippen LogP contribution in [0.3, 0.4) is 0 Å². The summed E-state index contributed by atoms with van der Waals surface area (Å²) < 4.78 is 16.0. The second kappa shape index (κ2) is 7.53. The van der Waals surface area contributed by atoms with E-state index in [0.717, 1.165) is 16.7 Å². The van der Waals surface area contributed by atoms with E-state index < -0.39 is 0 Å². The van der Waals surface area contributed by atoms with Gasteiger partial charge in [-0.2, -0.15) is 0 Å². The Morgan fingerprint density at radius 1 is 0.885 bits per heavy atom. The van der Waals surface area contributed by atoms with Gasteiger partial charge in [0.25, 0.3) is 11.1 Å². The molecule has 0 atom stereocenters. The summed E-state index contributed by atoms with van der Waals surface area (Å²) in [7, 11) is 4.54. The summed E-state index contributed by atoms with van der Waals surface area (Å²) in [5.41, 5.74) is 1.15. The number of hydrogen-bond donors (Lipinski definition) is 0. The van der Waals surface area contributed by atoms with Crippen molar-refractivity contribution in [2.45, 2.75) is 0 Å². The largest absolute Gasteiger partial charge is 0.493 e. The first-order valence-corrected chi connectivity index (χ1v) is 8.54. The number of carbonyl (C=O) groups excluding carboxylic acids is 2. The van der Waals surface area contributed by atoms with Crippen molar-refractivity contribution >= 4 is 34.7 Å². The number of hydrogen-bond acceptors (Lipinski definition) is 6. The van der Waals surface area contributed by atoms with E-state index in [9.17, 15) is 9.59 Å². The molecule has 0 bridgehead atoms. The van der Waals surface area contributed by atoms with Crippen LogP contribution < -0.4 is 19.1 Å². The fourth-order valence-corrected chi connectivity index (χ4v) is 3.48. The topological polar surface area (TPSA) is 65.1 Å². The van der Waals surface area contributed by atoms with Crippen LogP contribution in [0.15, 0.2) is 47.4 Å². The van der Waals surface area contributed by atoms with E-state index in [2.05, 4.69) is 0 Å². The SMILES string of the molecule is COc1ccc(/C=C2/SC(=O)N(c3ccccc3)C2=O)c(OC)c1OC. The van der Waals surface area contributed by atoms with E-state index in [1.807, 2.05) is 6.07 Å². The number of amides is 2. The van der Waals surface area contributed by atoms with Gasteiger partial charge >= 0.3 is 0 Å². The molecule has 0 aliphatic carbocycles. The van der Waals surface area contributed by atoms with Gasteiger partial charge < -0.3 is 14.2 Å². The fourth-order valence-electron chi connectivity index (χ4n) is 2.65. The molecule has 0 aromatic heterocycles. The molecule has 1 saturated heterocycles. The molecule has 0 unspecified atom stereocenters. The predicted molar refractivity (Wildman–Crippen MR) is 101 cm³/mol. The molecule has 2 aromatic rings. The minimum atomic E-state index is -0.372. The summed E-state index contributed by atoms with van der Waals surface area (Å²) in [4.78, 5) is 26.5. The van der Waals surface area contributed by atoms with Crippen molar-refractivity contribution < 1.29 is 23.8 Å². The number of anilines is 1. The Hall–Kier alpha value is -2.93. The first kappa shape index (κ1) is 17.9. The number of rotatable bonds is 5. The second-order valence-electron chi connectivity index (χ2n) is 5.28. The normalized spacial score (nSPS) is 15.5. The summed E-state index contributed by atoms with van der Waals surface area (Å²) in [6.07, 6.45) is 1.62. The van der Waals surface area contributed by atoms with E-state index in [1.165, 1.54) is 21.3 Å². The summed E-state index contributed by atoms with van der Waals surface area (Å²) in [5.74, 6) is 0.992. The fraction of sp³-hybridized carbons (Fsp3) is 0.158. The van der Waals surface area contributed by atoms with Gasteiger partial charge in [-0.05, 0) is 42.1 Å². The van der Waals surface area contributed by atoms with E-state index in [4.69, 9.17) is 14.2 Å².